The zero-order chi connectivity index (χ0) is 22.7. The quantitative estimate of drug-likeness (QED) is 0.562. The highest BCUT2D eigenvalue weighted by atomic mass is 32.1. The molecular weight excluding hydrogens is 422 g/mol. The largest absolute Gasteiger partial charge is 0.479 e. The number of pyridine rings is 1. The first-order chi connectivity index (χ1) is 15.5. The summed E-state index contributed by atoms with van der Waals surface area (Å²) in [5.74, 6) is 1.22. The third-order valence-electron chi connectivity index (χ3n) is 6.47. The van der Waals surface area contributed by atoms with Gasteiger partial charge in [-0.2, -0.15) is 0 Å². The number of methoxy groups -OCH3 is 1. The summed E-state index contributed by atoms with van der Waals surface area (Å²) in [6.45, 7) is 8.05. The number of fused-ring (bicyclic) bond motifs is 1. The lowest BCUT2D eigenvalue weighted by atomic mass is 9.97. The van der Waals surface area contributed by atoms with Gasteiger partial charge < -0.3 is 10.1 Å². The Morgan fingerprint density at radius 3 is 2.97 bits per heavy atom. The lowest BCUT2D eigenvalue weighted by Gasteiger charge is -2.32. The van der Waals surface area contributed by atoms with Crippen molar-refractivity contribution in [3.05, 3.63) is 39.2 Å². The molecule has 0 aromatic carbocycles. The van der Waals surface area contributed by atoms with E-state index in [9.17, 15) is 4.79 Å². The molecule has 3 aromatic heterocycles. The van der Waals surface area contributed by atoms with Crippen LogP contribution in [0.25, 0.3) is 11.0 Å². The average molecular weight is 456 g/mol. The minimum atomic E-state index is 0.109. The molecule has 1 saturated heterocycles. The fourth-order valence-electron chi connectivity index (χ4n) is 4.78. The summed E-state index contributed by atoms with van der Waals surface area (Å²) in [5.41, 5.74) is 3.97. The van der Waals surface area contributed by atoms with Crippen molar-refractivity contribution in [3.8, 4) is 5.88 Å². The number of thiophene rings is 1. The van der Waals surface area contributed by atoms with Gasteiger partial charge in [-0.1, -0.05) is 6.07 Å². The van der Waals surface area contributed by atoms with Crippen LogP contribution in [0.4, 0.5) is 0 Å². The molecule has 0 aliphatic carbocycles. The van der Waals surface area contributed by atoms with E-state index in [4.69, 9.17) is 9.72 Å². The van der Waals surface area contributed by atoms with Crippen LogP contribution < -0.4 is 10.1 Å². The maximum atomic E-state index is 12.6. The van der Waals surface area contributed by atoms with E-state index in [1.807, 2.05) is 25.3 Å². The van der Waals surface area contributed by atoms with E-state index < -0.39 is 0 Å². The van der Waals surface area contributed by atoms with Crippen molar-refractivity contribution in [1.82, 2.24) is 25.0 Å². The van der Waals surface area contributed by atoms with Gasteiger partial charge in [-0.3, -0.25) is 9.69 Å². The number of nitrogens with one attached hydrogen (secondary N) is 1. The van der Waals surface area contributed by atoms with Crippen LogP contribution in [0.15, 0.2) is 17.5 Å². The van der Waals surface area contributed by atoms with E-state index in [-0.39, 0.29) is 5.91 Å². The van der Waals surface area contributed by atoms with Crippen molar-refractivity contribution in [3.63, 3.8) is 0 Å². The van der Waals surface area contributed by atoms with Crippen LogP contribution in [0.5, 0.6) is 5.88 Å². The monoisotopic (exact) mass is 455 g/mol. The SMILES string of the molecule is COc1nn(C)c2nc(C)c(CCC(=O)NCC3CCCN(Cc4cccs4)C3)c(C)c12. The Balaban J connectivity index is 1.32. The number of nitrogens with zero attached hydrogens (tertiary/aromatic N) is 4. The summed E-state index contributed by atoms with van der Waals surface area (Å²) in [6.07, 6.45) is 3.51. The topological polar surface area (TPSA) is 72.3 Å². The molecule has 4 heterocycles. The van der Waals surface area contributed by atoms with E-state index >= 15 is 0 Å². The zero-order valence-electron chi connectivity index (χ0n) is 19.5. The maximum Gasteiger partial charge on any atom is 0.242 e. The van der Waals surface area contributed by atoms with Gasteiger partial charge >= 0.3 is 0 Å². The van der Waals surface area contributed by atoms with Crippen molar-refractivity contribution in [2.24, 2.45) is 13.0 Å². The van der Waals surface area contributed by atoms with Crippen molar-refractivity contribution in [2.75, 3.05) is 26.7 Å². The number of rotatable bonds is 8. The Labute approximate surface area is 193 Å². The highest BCUT2D eigenvalue weighted by Crippen LogP contribution is 2.30. The van der Waals surface area contributed by atoms with Gasteiger partial charge in [-0.25, -0.2) is 9.67 Å². The first-order valence-electron chi connectivity index (χ1n) is 11.3. The Bertz CT molecular complexity index is 1080. The van der Waals surface area contributed by atoms with E-state index in [1.165, 1.54) is 17.7 Å². The van der Waals surface area contributed by atoms with Crippen LogP contribution in [0.2, 0.25) is 0 Å². The van der Waals surface area contributed by atoms with Gasteiger partial charge in [0.25, 0.3) is 0 Å². The van der Waals surface area contributed by atoms with Crippen LogP contribution in [-0.4, -0.2) is 52.3 Å². The number of piperidine rings is 1. The van der Waals surface area contributed by atoms with Gasteiger partial charge in [-0.05, 0) is 68.1 Å². The van der Waals surface area contributed by atoms with Crippen LogP contribution in [0.3, 0.4) is 0 Å². The fraction of sp³-hybridized carbons (Fsp3) is 0.542. The van der Waals surface area contributed by atoms with Crippen LogP contribution >= 0.6 is 11.3 Å². The molecular formula is C24H33N5O2S. The second-order valence-corrected chi connectivity index (χ2v) is 9.79. The lowest BCUT2D eigenvalue weighted by Crippen LogP contribution is -2.40. The van der Waals surface area contributed by atoms with Gasteiger partial charge in [0, 0.05) is 43.7 Å². The van der Waals surface area contributed by atoms with Crippen molar-refractivity contribution in [1.29, 1.82) is 0 Å². The molecule has 1 amide bonds. The lowest BCUT2D eigenvalue weighted by molar-refractivity contribution is -0.121. The van der Waals surface area contributed by atoms with Crippen LogP contribution in [0.1, 0.15) is 41.0 Å². The minimum Gasteiger partial charge on any atom is -0.479 e. The molecule has 0 radical (unpaired) electrons. The summed E-state index contributed by atoms with van der Waals surface area (Å²) in [4.78, 5) is 21.3. The second-order valence-electron chi connectivity index (χ2n) is 8.76. The molecule has 1 aliphatic heterocycles. The molecule has 4 rings (SSSR count). The highest BCUT2D eigenvalue weighted by Gasteiger charge is 2.22. The van der Waals surface area contributed by atoms with Crippen LogP contribution in [-0.2, 0) is 24.8 Å². The number of hydrogen-bond donors (Lipinski definition) is 1. The molecule has 3 aromatic rings. The van der Waals surface area contributed by atoms with Gasteiger partial charge in [0.1, 0.15) is 0 Å². The molecule has 1 aliphatic rings. The molecule has 172 valence electrons. The summed E-state index contributed by atoms with van der Waals surface area (Å²) < 4.78 is 7.19. The molecule has 8 heteroatoms. The molecule has 0 spiro atoms. The minimum absolute atomic E-state index is 0.109. The van der Waals surface area contributed by atoms with E-state index in [0.29, 0.717) is 24.6 Å². The zero-order valence-corrected chi connectivity index (χ0v) is 20.3. The van der Waals surface area contributed by atoms with E-state index in [0.717, 1.165) is 54.0 Å². The smallest absolute Gasteiger partial charge is 0.242 e. The predicted octanol–water partition coefficient (Wildman–Crippen LogP) is 3.62. The third-order valence-corrected chi connectivity index (χ3v) is 7.33. The first-order valence-corrected chi connectivity index (χ1v) is 12.2. The first kappa shape index (κ1) is 22.7. The van der Waals surface area contributed by atoms with Gasteiger partial charge in [-0.15, -0.1) is 16.4 Å². The van der Waals surface area contributed by atoms with E-state index in [2.05, 4.69) is 39.8 Å². The molecule has 0 bridgehead atoms. The van der Waals surface area contributed by atoms with Gasteiger partial charge in [0.15, 0.2) is 5.65 Å². The molecule has 7 nitrogen and oxygen atoms in total. The Morgan fingerprint density at radius 2 is 2.22 bits per heavy atom. The molecule has 1 fully saturated rings. The van der Waals surface area contributed by atoms with Crippen molar-refractivity contribution < 1.29 is 9.53 Å². The van der Waals surface area contributed by atoms with Crippen molar-refractivity contribution in [2.45, 2.75) is 46.1 Å². The van der Waals surface area contributed by atoms with Crippen molar-refractivity contribution >= 4 is 28.3 Å². The number of aryl methyl sites for hydroxylation is 3. The molecule has 32 heavy (non-hydrogen) atoms. The standard InChI is InChI=1S/C24H33N5O2S/c1-16-20(17(2)26-23-22(16)24(31-4)27-28(23)3)9-10-21(30)25-13-18-7-5-11-29(14-18)15-19-8-6-12-32-19/h6,8,12,18H,5,7,9-11,13-15H2,1-4H3,(H,25,30). The highest BCUT2D eigenvalue weighted by molar-refractivity contribution is 7.09. The Morgan fingerprint density at radius 1 is 1.38 bits per heavy atom. The summed E-state index contributed by atoms with van der Waals surface area (Å²) in [7, 11) is 3.50. The van der Waals surface area contributed by atoms with Crippen LogP contribution in [0, 0.1) is 19.8 Å². The number of hydrogen-bond acceptors (Lipinski definition) is 6. The third kappa shape index (κ3) is 4.96. The maximum absolute atomic E-state index is 12.6. The summed E-state index contributed by atoms with van der Waals surface area (Å²) in [6, 6.07) is 4.32. The molecule has 0 saturated carbocycles. The number of likely N-dealkylation sites (tertiary alicyclic amines) is 1. The summed E-state index contributed by atoms with van der Waals surface area (Å²) >= 11 is 1.82. The van der Waals surface area contributed by atoms with Gasteiger partial charge in [0.2, 0.25) is 11.8 Å². The number of carbonyl (C=O) groups is 1. The second kappa shape index (κ2) is 10.0. The Hall–Kier alpha value is -2.45. The van der Waals surface area contributed by atoms with Gasteiger partial charge in [0.05, 0.1) is 12.5 Å². The number of amides is 1. The Kier molecular flexibility index (Phi) is 7.10. The number of carbonyl (C=O) groups excluding carboxylic acids is 1. The number of aromatic nitrogens is 3. The predicted molar refractivity (Wildman–Crippen MR) is 128 cm³/mol. The summed E-state index contributed by atoms with van der Waals surface area (Å²) in [5, 5.41) is 10.7. The average Bonchev–Trinajstić information content (AvgIpc) is 3.40. The fourth-order valence-corrected chi connectivity index (χ4v) is 5.52. The molecule has 1 N–H and O–H groups in total. The molecule has 1 atom stereocenters. The molecule has 1 unspecified atom stereocenters. The number of ether oxygens (including phenoxy) is 1. The normalized spacial score (nSPS) is 17.1. The van der Waals surface area contributed by atoms with E-state index in [1.54, 1.807) is 11.8 Å².